The lowest BCUT2D eigenvalue weighted by Crippen LogP contribution is -2.18. The first-order valence-electron chi connectivity index (χ1n) is 3.76. The number of rotatable bonds is 8. The van der Waals surface area contributed by atoms with E-state index in [0.29, 0.717) is 0 Å². The molecular weight excluding hydrogens is 207 g/mol. The van der Waals surface area contributed by atoms with Gasteiger partial charge in [0.25, 0.3) is 0 Å². The van der Waals surface area contributed by atoms with Crippen molar-refractivity contribution in [1.82, 2.24) is 10.6 Å². The summed E-state index contributed by atoms with van der Waals surface area (Å²) in [6.07, 6.45) is 0. The number of hydrogen-bond donors (Lipinski definition) is 2. The van der Waals surface area contributed by atoms with Gasteiger partial charge in [-0.15, -0.1) is 0 Å². The molecule has 0 unspecified atom stereocenters. The molecule has 0 aliphatic carbocycles. The van der Waals surface area contributed by atoms with Crippen LogP contribution in [0, 0.1) is 22.7 Å². The molecule has 78 valence electrons. The second kappa shape index (κ2) is 10.1. The zero-order valence-electron chi connectivity index (χ0n) is 7.45. The molecule has 0 atom stereocenters. The fraction of sp³-hybridized carbons (Fsp3) is 0.667. The van der Waals surface area contributed by atoms with Crippen molar-refractivity contribution < 1.29 is 13.6 Å². The summed E-state index contributed by atoms with van der Waals surface area (Å²) in [7, 11) is -2.54. The molecule has 0 saturated heterocycles. The van der Waals surface area contributed by atoms with Crippen LogP contribution in [0.4, 0.5) is 0 Å². The molecule has 0 aliphatic heterocycles. The van der Waals surface area contributed by atoms with E-state index >= 15 is 0 Å². The summed E-state index contributed by atoms with van der Waals surface area (Å²) in [6, 6.07) is 3.66. The van der Waals surface area contributed by atoms with Gasteiger partial charge in [-0.3, -0.25) is 24.2 Å². The third-order valence-electron chi connectivity index (χ3n) is 0.992. The van der Waals surface area contributed by atoms with E-state index in [0.717, 1.165) is 0 Å². The van der Waals surface area contributed by atoms with E-state index in [1.54, 1.807) is 0 Å². The topological polar surface area (TPSA) is 107 Å². The Balaban J connectivity index is 3.21. The third-order valence-corrected chi connectivity index (χ3v) is 1.75. The van der Waals surface area contributed by atoms with Crippen LogP contribution >= 0.6 is 8.25 Å². The number of nitrogens with zero attached hydrogens (tertiary/aromatic N) is 2. The molecule has 7 nitrogen and oxygen atoms in total. The minimum atomic E-state index is -2.54. The van der Waals surface area contributed by atoms with Crippen molar-refractivity contribution in [3.05, 3.63) is 0 Å². The minimum Gasteiger partial charge on any atom is -0.295 e. The van der Waals surface area contributed by atoms with Crippen LogP contribution in [-0.2, 0) is 13.6 Å². The fourth-order valence-electron chi connectivity index (χ4n) is 0.475. The highest BCUT2D eigenvalue weighted by Crippen LogP contribution is 2.21. The Morgan fingerprint density at radius 3 is 1.86 bits per heavy atom. The van der Waals surface area contributed by atoms with E-state index in [9.17, 15) is 4.57 Å². The summed E-state index contributed by atoms with van der Waals surface area (Å²) in [5.74, 6) is 0. The molecule has 0 aliphatic rings. The molecule has 0 aromatic rings. The van der Waals surface area contributed by atoms with Gasteiger partial charge < -0.3 is 0 Å². The molecule has 0 bridgehead atoms. The molecular formula is C6H11N4O3P. The van der Waals surface area contributed by atoms with Gasteiger partial charge in [0, 0.05) is 0 Å². The van der Waals surface area contributed by atoms with Gasteiger partial charge in [0.2, 0.25) is 0 Å². The number of nitriles is 2. The van der Waals surface area contributed by atoms with Crippen molar-refractivity contribution >= 4 is 8.25 Å². The number of nitrogens with one attached hydrogen (secondary N) is 2. The smallest absolute Gasteiger partial charge is 0.295 e. The van der Waals surface area contributed by atoms with Crippen molar-refractivity contribution in [2.24, 2.45) is 0 Å². The first kappa shape index (κ1) is 13.1. The van der Waals surface area contributed by atoms with Gasteiger partial charge in [-0.2, -0.15) is 10.5 Å². The minimum absolute atomic E-state index is 0.00358. The van der Waals surface area contributed by atoms with Crippen molar-refractivity contribution in [1.29, 1.82) is 10.5 Å². The lowest BCUT2D eigenvalue weighted by molar-refractivity contribution is 0.206. The van der Waals surface area contributed by atoms with Crippen LogP contribution in [0.25, 0.3) is 0 Å². The zero-order valence-corrected chi connectivity index (χ0v) is 8.45. The lowest BCUT2D eigenvalue weighted by atomic mass is 10.7. The Morgan fingerprint density at radius 2 is 1.50 bits per heavy atom. The lowest BCUT2D eigenvalue weighted by Gasteiger charge is -2.04. The Hall–Kier alpha value is -0.950. The van der Waals surface area contributed by atoms with Crippen LogP contribution < -0.4 is 10.6 Å². The molecule has 0 aromatic carbocycles. The van der Waals surface area contributed by atoms with Gasteiger partial charge in [0.15, 0.2) is 0 Å². The maximum atomic E-state index is 10.9. The maximum absolute atomic E-state index is 10.9. The largest absolute Gasteiger partial charge is 0.321 e. The maximum Gasteiger partial charge on any atom is 0.321 e. The average molecular weight is 218 g/mol. The first-order valence-corrected chi connectivity index (χ1v) is 4.98. The van der Waals surface area contributed by atoms with Crippen LogP contribution in [0.2, 0.25) is 0 Å². The molecule has 0 rings (SSSR count). The van der Waals surface area contributed by atoms with Gasteiger partial charge in [0.1, 0.15) is 13.5 Å². The molecule has 0 amide bonds. The summed E-state index contributed by atoms with van der Waals surface area (Å²) in [6.45, 7) is 0.261. The van der Waals surface area contributed by atoms with E-state index in [2.05, 4.69) is 19.7 Å². The Kier molecular flexibility index (Phi) is 9.45. The third kappa shape index (κ3) is 9.14. The molecule has 14 heavy (non-hydrogen) atoms. The summed E-state index contributed by atoms with van der Waals surface area (Å²) < 4.78 is 20.2. The van der Waals surface area contributed by atoms with E-state index in [1.165, 1.54) is 0 Å². The Morgan fingerprint density at radius 1 is 1.07 bits per heavy atom. The van der Waals surface area contributed by atoms with Crippen molar-refractivity contribution in [3.63, 3.8) is 0 Å². The molecule has 0 saturated carbocycles. The summed E-state index contributed by atoms with van der Waals surface area (Å²) in [5, 5.41) is 21.4. The monoisotopic (exact) mass is 218 g/mol. The Labute approximate surface area is 82.6 Å². The Bertz CT molecular complexity index is 222. The predicted molar refractivity (Wildman–Crippen MR) is 48.1 cm³/mol. The van der Waals surface area contributed by atoms with Gasteiger partial charge in [0.05, 0.1) is 25.2 Å². The van der Waals surface area contributed by atoms with Crippen LogP contribution in [0.1, 0.15) is 0 Å². The summed E-state index contributed by atoms with van der Waals surface area (Å²) in [4.78, 5) is 0. The quantitative estimate of drug-likeness (QED) is 0.246. The molecule has 0 spiro atoms. The van der Waals surface area contributed by atoms with E-state index in [4.69, 9.17) is 10.5 Å². The molecule has 0 aromatic heterocycles. The summed E-state index contributed by atoms with van der Waals surface area (Å²) >= 11 is 0. The highest BCUT2D eigenvalue weighted by Gasteiger charge is 1.97. The fourth-order valence-corrected chi connectivity index (χ4v) is 0.999. The highest BCUT2D eigenvalue weighted by atomic mass is 31.1. The van der Waals surface area contributed by atoms with Gasteiger partial charge in [-0.1, -0.05) is 0 Å². The van der Waals surface area contributed by atoms with Gasteiger partial charge in [-0.25, -0.2) is 0 Å². The van der Waals surface area contributed by atoms with Gasteiger partial charge in [-0.05, 0) is 0 Å². The van der Waals surface area contributed by atoms with Crippen molar-refractivity contribution in [2.75, 3.05) is 26.6 Å². The zero-order chi connectivity index (χ0) is 10.6. The van der Waals surface area contributed by atoms with Crippen LogP contribution in [0.3, 0.4) is 0 Å². The molecule has 8 heteroatoms. The van der Waals surface area contributed by atoms with Crippen LogP contribution in [-0.4, -0.2) is 26.6 Å². The second-order valence-corrected chi connectivity index (χ2v) is 3.07. The van der Waals surface area contributed by atoms with Crippen molar-refractivity contribution in [2.45, 2.75) is 0 Å². The molecule has 0 heterocycles. The van der Waals surface area contributed by atoms with E-state index in [1.807, 2.05) is 12.1 Å². The highest BCUT2D eigenvalue weighted by molar-refractivity contribution is 7.33. The first-order chi connectivity index (χ1) is 6.81. The molecule has 2 N–H and O–H groups in total. The summed E-state index contributed by atoms with van der Waals surface area (Å²) in [5.41, 5.74) is 0. The standard InChI is InChI=1S/C6H11N4O3P/c7-1-3-9-5-12-14(11)13-6-10-4-2-8/h9-10,14H,3-6H2. The van der Waals surface area contributed by atoms with Crippen LogP contribution in [0.15, 0.2) is 0 Å². The average Bonchev–Trinajstić information content (AvgIpc) is 2.19. The van der Waals surface area contributed by atoms with E-state index in [-0.39, 0.29) is 26.6 Å². The molecule has 0 fully saturated rings. The number of hydrogen-bond acceptors (Lipinski definition) is 7. The normalized spacial score (nSPS) is 9.64. The van der Waals surface area contributed by atoms with Crippen LogP contribution in [0.5, 0.6) is 0 Å². The van der Waals surface area contributed by atoms with E-state index < -0.39 is 8.25 Å². The van der Waals surface area contributed by atoms with Crippen molar-refractivity contribution in [3.8, 4) is 12.1 Å². The predicted octanol–water partition coefficient (Wildman–Crippen LogP) is -0.449. The van der Waals surface area contributed by atoms with Gasteiger partial charge >= 0.3 is 8.25 Å². The second-order valence-electron chi connectivity index (χ2n) is 2.00. The molecule has 0 radical (unpaired) electrons. The SMILES string of the molecule is N#CCNCO[PH](=O)OCNCC#N.